The quantitative estimate of drug-likeness (QED) is 0.401. The van der Waals surface area contributed by atoms with Crippen molar-refractivity contribution in [1.82, 2.24) is 0 Å². The summed E-state index contributed by atoms with van der Waals surface area (Å²) in [5, 5.41) is 2.32. The van der Waals surface area contributed by atoms with Crippen LogP contribution in [0.15, 0.2) is 97.1 Å². The minimum absolute atomic E-state index is 0.880. The molecule has 118 valence electrons. The second-order valence-electron chi connectivity index (χ2n) is 5.87. The molecule has 0 radical (unpaired) electrons. The Morgan fingerprint density at radius 2 is 1.20 bits per heavy atom. The van der Waals surface area contributed by atoms with Gasteiger partial charge in [0, 0.05) is 22.3 Å². The lowest BCUT2D eigenvalue weighted by molar-refractivity contribution is 1.30. The molecule has 1 nitrogen and oxygen atoms in total. The summed E-state index contributed by atoms with van der Waals surface area (Å²) in [5.41, 5.74) is 4.18. The summed E-state index contributed by atoms with van der Waals surface area (Å²) in [5.74, 6) is 2.79. The van der Waals surface area contributed by atoms with Crippen molar-refractivity contribution in [3.05, 3.63) is 103 Å². The van der Waals surface area contributed by atoms with Crippen LogP contribution in [0, 0.1) is 12.3 Å². The Balaban J connectivity index is 2.04. The van der Waals surface area contributed by atoms with Crippen molar-refractivity contribution in [2.75, 3.05) is 4.90 Å². The van der Waals surface area contributed by atoms with Gasteiger partial charge in [0.2, 0.25) is 0 Å². The van der Waals surface area contributed by atoms with Gasteiger partial charge in [-0.15, -0.1) is 6.42 Å². The number of nitrogens with zero attached hydrogens (tertiary/aromatic N) is 1. The number of anilines is 3. The second kappa shape index (κ2) is 6.55. The van der Waals surface area contributed by atoms with E-state index in [4.69, 9.17) is 6.42 Å². The molecule has 0 saturated heterocycles. The Hall–Kier alpha value is -3.50. The third-order valence-electron chi connectivity index (χ3n) is 4.28. The highest BCUT2D eigenvalue weighted by Crippen LogP contribution is 2.39. The van der Waals surface area contributed by atoms with Crippen LogP contribution >= 0.6 is 0 Å². The van der Waals surface area contributed by atoms with Crippen LogP contribution in [-0.2, 0) is 0 Å². The molecule has 4 aromatic rings. The number of terminal acetylenes is 1. The largest absolute Gasteiger partial charge is 0.310 e. The van der Waals surface area contributed by atoms with Gasteiger partial charge in [0.15, 0.2) is 0 Å². The molecule has 0 aliphatic rings. The minimum Gasteiger partial charge on any atom is -0.310 e. The molecule has 0 N–H and O–H groups in total. The molecule has 0 bridgehead atoms. The number of hydrogen-bond acceptors (Lipinski definition) is 1. The Labute approximate surface area is 148 Å². The highest BCUT2D eigenvalue weighted by Gasteiger charge is 2.15. The third kappa shape index (κ3) is 2.86. The number of hydrogen-bond donors (Lipinski definition) is 0. The van der Waals surface area contributed by atoms with Gasteiger partial charge in [-0.3, -0.25) is 0 Å². The van der Waals surface area contributed by atoms with Crippen molar-refractivity contribution in [3.8, 4) is 12.3 Å². The topological polar surface area (TPSA) is 3.24 Å². The van der Waals surface area contributed by atoms with Crippen LogP contribution in [0.4, 0.5) is 17.1 Å². The Kier molecular flexibility index (Phi) is 3.94. The first-order chi connectivity index (χ1) is 12.4. The van der Waals surface area contributed by atoms with Gasteiger partial charge in [0.05, 0.1) is 5.69 Å². The van der Waals surface area contributed by atoms with Gasteiger partial charge >= 0.3 is 0 Å². The van der Waals surface area contributed by atoms with Crippen molar-refractivity contribution in [2.45, 2.75) is 0 Å². The molecule has 0 fully saturated rings. The van der Waals surface area contributed by atoms with Crippen LogP contribution in [0.25, 0.3) is 10.8 Å². The molecule has 1 heteroatoms. The fourth-order valence-electron chi connectivity index (χ4n) is 3.14. The average Bonchev–Trinajstić information content (AvgIpc) is 2.69. The summed E-state index contributed by atoms with van der Waals surface area (Å²) in [6, 6.07) is 33.2. The molecule has 0 aromatic heterocycles. The molecule has 0 saturated carbocycles. The summed E-state index contributed by atoms with van der Waals surface area (Å²) in [7, 11) is 0. The zero-order chi connectivity index (χ0) is 17.1. The van der Waals surface area contributed by atoms with Crippen LogP contribution in [0.3, 0.4) is 0 Å². The van der Waals surface area contributed by atoms with Crippen molar-refractivity contribution >= 4 is 27.8 Å². The SMILES string of the molecule is C#Cc1cc(N(c2ccccc2)c2ccccc2)c2ccccc2c1. The maximum Gasteiger partial charge on any atom is 0.0552 e. The van der Waals surface area contributed by atoms with E-state index in [1.165, 1.54) is 5.39 Å². The third-order valence-corrected chi connectivity index (χ3v) is 4.28. The summed E-state index contributed by atoms with van der Waals surface area (Å²) in [4.78, 5) is 2.25. The van der Waals surface area contributed by atoms with Crippen molar-refractivity contribution in [2.24, 2.45) is 0 Å². The monoisotopic (exact) mass is 319 g/mol. The van der Waals surface area contributed by atoms with Gasteiger partial charge in [-0.25, -0.2) is 0 Å². The van der Waals surface area contributed by atoms with Crippen molar-refractivity contribution < 1.29 is 0 Å². The normalized spacial score (nSPS) is 10.4. The molecule has 0 unspecified atom stereocenters. The molecule has 25 heavy (non-hydrogen) atoms. The number of benzene rings is 4. The predicted molar refractivity (Wildman–Crippen MR) is 107 cm³/mol. The molecule has 4 aromatic carbocycles. The van der Waals surface area contributed by atoms with Crippen LogP contribution < -0.4 is 4.90 Å². The summed E-state index contributed by atoms with van der Waals surface area (Å²) >= 11 is 0. The Morgan fingerprint density at radius 3 is 1.80 bits per heavy atom. The van der Waals surface area contributed by atoms with Gasteiger partial charge in [-0.2, -0.15) is 0 Å². The van der Waals surface area contributed by atoms with Crippen LogP contribution in [-0.4, -0.2) is 0 Å². The van der Waals surface area contributed by atoms with Gasteiger partial charge in [0.1, 0.15) is 0 Å². The van der Waals surface area contributed by atoms with E-state index in [0.29, 0.717) is 0 Å². The van der Waals surface area contributed by atoms with Crippen LogP contribution in [0.1, 0.15) is 5.56 Å². The molecule has 0 amide bonds. The Bertz CT molecular complexity index is 1000. The smallest absolute Gasteiger partial charge is 0.0552 e. The van der Waals surface area contributed by atoms with Crippen LogP contribution in [0.2, 0.25) is 0 Å². The fourth-order valence-corrected chi connectivity index (χ4v) is 3.14. The zero-order valence-electron chi connectivity index (χ0n) is 13.8. The van der Waals surface area contributed by atoms with Gasteiger partial charge in [-0.05, 0) is 41.8 Å². The number of para-hydroxylation sites is 2. The second-order valence-corrected chi connectivity index (χ2v) is 5.87. The highest BCUT2D eigenvalue weighted by atomic mass is 15.1. The van der Waals surface area contributed by atoms with E-state index in [1.807, 2.05) is 18.2 Å². The highest BCUT2D eigenvalue weighted by molar-refractivity contribution is 5.99. The number of rotatable bonds is 3. The zero-order valence-corrected chi connectivity index (χ0v) is 13.8. The van der Waals surface area contributed by atoms with Gasteiger partial charge in [0.25, 0.3) is 0 Å². The summed E-state index contributed by atoms with van der Waals surface area (Å²) in [6.45, 7) is 0. The maximum absolute atomic E-state index is 5.72. The molecule has 4 rings (SSSR count). The van der Waals surface area contributed by atoms with Crippen LogP contribution in [0.5, 0.6) is 0 Å². The Morgan fingerprint density at radius 1 is 0.640 bits per heavy atom. The molecule has 0 atom stereocenters. The van der Waals surface area contributed by atoms with E-state index in [9.17, 15) is 0 Å². The van der Waals surface area contributed by atoms with E-state index >= 15 is 0 Å². The lowest BCUT2D eigenvalue weighted by atomic mass is 10.0. The molecule has 0 aliphatic carbocycles. The van der Waals surface area contributed by atoms with Gasteiger partial charge in [-0.1, -0.05) is 66.6 Å². The van der Waals surface area contributed by atoms with Crippen molar-refractivity contribution in [1.29, 1.82) is 0 Å². The lowest BCUT2D eigenvalue weighted by Gasteiger charge is -2.27. The summed E-state index contributed by atoms with van der Waals surface area (Å²) in [6.07, 6.45) is 5.72. The van der Waals surface area contributed by atoms with E-state index < -0.39 is 0 Å². The predicted octanol–water partition coefficient (Wildman–Crippen LogP) is 6.29. The van der Waals surface area contributed by atoms with E-state index in [2.05, 4.69) is 89.7 Å². The standard InChI is InChI=1S/C24H17N/c1-2-19-17-20-11-9-10-16-23(20)24(18-19)25(21-12-5-3-6-13-21)22-14-7-4-8-15-22/h1,3-18H. The minimum atomic E-state index is 0.880. The van der Waals surface area contributed by atoms with E-state index in [1.54, 1.807) is 0 Å². The first-order valence-electron chi connectivity index (χ1n) is 8.26. The first kappa shape index (κ1) is 15.1. The van der Waals surface area contributed by atoms with E-state index in [-0.39, 0.29) is 0 Å². The molecular formula is C24H17N. The molecular weight excluding hydrogens is 302 g/mol. The maximum atomic E-state index is 5.72. The molecule has 0 heterocycles. The average molecular weight is 319 g/mol. The first-order valence-corrected chi connectivity index (χ1v) is 8.26. The summed E-state index contributed by atoms with van der Waals surface area (Å²) < 4.78 is 0. The van der Waals surface area contributed by atoms with E-state index in [0.717, 1.165) is 28.0 Å². The number of fused-ring (bicyclic) bond motifs is 1. The van der Waals surface area contributed by atoms with Gasteiger partial charge < -0.3 is 4.90 Å². The fraction of sp³-hybridized carbons (Fsp3) is 0. The molecule has 0 spiro atoms. The van der Waals surface area contributed by atoms with Crippen molar-refractivity contribution in [3.63, 3.8) is 0 Å². The lowest BCUT2D eigenvalue weighted by Crippen LogP contribution is -2.10. The molecule has 0 aliphatic heterocycles.